The molecule has 0 aliphatic heterocycles. The maximum Gasteiger partial charge on any atom is 0.224 e. The van der Waals surface area contributed by atoms with Crippen LogP contribution in [0.25, 0.3) is 0 Å². The molecule has 0 bridgehead atoms. The van der Waals surface area contributed by atoms with Gasteiger partial charge in [-0.2, -0.15) is 0 Å². The Morgan fingerprint density at radius 1 is 1.30 bits per heavy atom. The molecular formula is C15H18N4O. The van der Waals surface area contributed by atoms with Crippen molar-refractivity contribution in [1.82, 2.24) is 9.97 Å². The second kappa shape index (κ2) is 6.65. The quantitative estimate of drug-likeness (QED) is 0.876. The lowest BCUT2D eigenvalue weighted by Gasteiger charge is -2.12. The van der Waals surface area contributed by atoms with Crippen LogP contribution in [0.3, 0.4) is 0 Å². The highest BCUT2D eigenvalue weighted by Crippen LogP contribution is 2.21. The molecule has 2 rings (SSSR count). The molecule has 0 unspecified atom stereocenters. The fourth-order valence-corrected chi connectivity index (χ4v) is 1.75. The maximum absolute atomic E-state index is 11.4. The zero-order chi connectivity index (χ0) is 14.4. The van der Waals surface area contributed by atoms with Gasteiger partial charge in [-0.15, -0.1) is 0 Å². The average Bonchev–Trinajstić information content (AvgIpc) is 2.48. The Bertz CT molecular complexity index is 584. The van der Waals surface area contributed by atoms with Crippen LogP contribution in [0.15, 0.2) is 36.8 Å². The minimum Gasteiger partial charge on any atom is -0.379 e. The van der Waals surface area contributed by atoms with E-state index in [2.05, 4.69) is 20.6 Å². The zero-order valence-electron chi connectivity index (χ0n) is 11.7. The lowest BCUT2D eigenvalue weighted by molar-refractivity contribution is -0.115. The van der Waals surface area contributed by atoms with Gasteiger partial charge in [0.25, 0.3) is 0 Å². The molecule has 20 heavy (non-hydrogen) atoms. The number of nitrogens with one attached hydrogen (secondary N) is 2. The summed E-state index contributed by atoms with van der Waals surface area (Å²) in [5.41, 5.74) is 3.82. The van der Waals surface area contributed by atoms with Crippen LogP contribution in [0, 0.1) is 6.92 Å². The van der Waals surface area contributed by atoms with E-state index in [9.17, 15) is 4.79 Å². The van der Waals surface area contributed by atoms with Crippen LogP contribution in [-0.2, 0) is 11.3 Å². The number of benzene rings is 1. The molecule has 104 valence electrons. The molecule has 1 heterocycles. The van der Waals surface area contributed by atoms with Gasteiger partial charge in [0.05, 0.1) is 12.2 Å². The SMILES string of the molecule is CCC(=O)Nc1ccc(C)c(NCc2ccncn2)c1. The molecule has 1 aromatic heterocycles. The molecule has 0 fully saturated rings. The molecule has 2 aromatic rings. The lowest BCUT2D eigenvalue weighted by Crippen LogP contribution is -2.10. The molecule has 0 radical (unpaired) electrons. The number of nitrogens with zero attached hydrogens (tertiary/aromatic N) is 2. The third-order valence-corrected chi connectivity index (χ3v) is 2.95. The van der Waals surface area contributed by atoms with E-state index in [1.54, 1.807) is 6.20 Å². The summed E-state index contributed by atoms with van der Waals surface area (Å²) in [6, 6.07) is 7.68. The van der Waals surface area contributed by atoms with Crippen LogP contribution < -0.4 is 10.6 Å². The van der Waals surface area contributed by atoms with Crippen LogP contribution in [-0.4, -0.2) is 15.9 Å². The first-order valence-corrected chi connectivity index (χ1v) is 6.58. The lowest BCUT2D eigenvalue weighted by atomic mass is 10.1. The standard InChI is InChI=1S/C15H18N4O/c1-3-15(20)19-12-5-4-11(2)14(8-12)17-9-13-6-7-16-10-18-13/h4-8,10,17H,3,9H2,1-2H3,(H,19,20). The summed E-state index contributed by atoms with van der Waals surface area (Å²) in [4.78, 5) is 19.5. The van der Waals surface area contributed by atoms with Crippen LogP contribution in [0.4, 0.5) is 11.4 Å². The number of hydrogen-bond donors (Lipinski definition) is 2. The van der Waals surface area contributed by atoms with E-state index in [0.717, 1.165) is 22.6 Å². The van der Waals surface area contributed by atoms with E-state index in [4.69, 9.17) is 0 Å². The van der Waals surface area contributed by atoms with Crippen molar-refractivity contribution < 1.29 is 4.79 Å². The Morgan fingerprint density at radius 2 is 2.15 bits per heavy atom. The van der Waals surface area contributed by atoms with Crippen molar-refractivity contribution in [2.75, 3.05) is 10.6 Å². The third kappa shape index (κ3) is 3.78. The van der Waals surface area contributed by atoms with Crippen molar-refractivity contribution in [2.45, 2.75) is 26.8 Å². The normalized spacial score (nSPS) is 10.1. The molecular weight excluding hydrogens is 252 g/mol. The summed E-state index contributed by atoms with van der Waals surface area (Å²) < 4.78 is 0. The maximum atomic E-state index is 11.4. The number of aromatic nitrogens is 2. The Morgan fingerprint density at radius 3 is 2.85 bits per heavy atom. The third-order valence-electron chi connectivity index (χ3n) is 2.95. The van der Waals surface area contributed by atoms with Gasteiger partial charge in [0.15, 0.2) is 0 Å². The molecule has 0 saturated carbocycles. The number of aryl methyl sites for hydroxylation is 1. The van der Waals surface area contributed by atoms with Crippen molar-refractivity contribution in [3.63, 3.8) is 0 Å². The number of rotatable bonds is 5. The molecule has 2 N–H and O–H groups in total. The van der Waals surface area contributed by atoms with Crippen molar-refractivity contribution in [3.05, 3.63) is 48.0 Å². The van der Waals surface area contributed by atoms with Gasteiger partial charge in [0.1, 0.15) is 6.33 Å². The molecule has 0 saturated heterocycles. The van der Waals surface area contributed by atoms with Crippen molar-refractivity contribution in [1.29, 1.82) is 0 Å². The van der Waals surface area contributed by atoms with E-state index in [1.165, 1.54) is 6.33 Å². The molecule has 5 heteroatoms. The summed E-state index contributed by atoms with van der Waals surface area (Å²) in [6.07, 6.45) is 3.72. The van der Waals surface area contributed by atoms with Gasteiger partial charge in [-0.1, -0.05) is 13.0 Å². The number of hydrogen-bond acceptors (Lipinski definition) is 4. The van der Waals surface area contributed by atoms with Gasteiger partial charge < -0.3 is 10.6 Å². The van der Waals surface area contributed by atoms with Crippen molar-refractivity contribution in [3.8, 4) is 0 Å². The van der Waals surface area contributed by atoms with Gasteiger partial charge in [0.2, 0.25) is 5.91 Å². The van der Waals surface area contributed by atoms with Gasteiger partial charge >= 0.3 is 0 Å². The van der Waals surface area contributed by atoms with Crippen molar-refractivity contribution in [2.24, 2.45) is 0 Å². The first kappa shape index (κ1) is 14.0. The second-order valence-electron chi connectivity index (χ2n) is 4.49. The molecule has 0 spiro atoms. The molecule has 1 amide bonds. The highest BCUT2D eigenvalue weighted by Gasteiger charge is 2.03. The predicted octanol–water partition coefficient (Wildman–Crippen LogP) is 2.75. The minimum atomic E-state index is 0.00982. The van der Waals surface area contributed by atoms with Crippen molar-refractivity contribution >= 4 is 17.3 Å². The van der Waals surface area contributed by atoms with E-state index < -0.39 is 0 Å². The minimum absolute atomic E-state index is 0.00982. The topological polar surface area (TPSA) is 66.9 Å². The second-order valence-corrected chi connectivity index (χ2v) is 4.49. The largest absolute Gasteiger partial charge is 0.379 e. The summed E-state index contributed by atoms with van der Waals surface area (Å²) in [5.74, 6) is 0.00982. The summed E-state index contributed by atoms with van der Waals surface area (Å²) >= 11 is 0. The number of anilines is 2. The smallest absolute Gasteiger partial charge is 0.224 e. The average molecular weight is 270 g/mol. The van der Waals surface area contributed by atoms with Gasteiger partial charge in [-0.3, -0.25) is 4.79 Å². The summed E-state index contributed by atoms with van der Waals surface area (Å²) in [7, 11) is 0. The Hall–Kier alpha value is -2.43. The number of carbonyl (C=O) groups is 1. The highest BCUT2D eigenvalue weighted by molar-refractivity contribution is 5.91. The predicted molar refractivity (Wildman–Crippen MR) is 79.5 cm³/mol. The Balaban J connectivity index is 2.06. The van der Waals surface area contributed by atoms with Crippen LogP contribution in [0.1, 0.15) is 24.6 Å². The molecule has 0 atom stereocenters. The van der Waals surface area contributed by atoms with Crippen LogP contribution in [0.5, 0.6) is 0 Å². The Labute approximate surface area is 118 Å². The van der Waals surface area contributed by atoms with E-state index >= 15 is 0 Å². The molecule has 5 nitrogen and oxygen atoms in total. The molecule has 0 aliphatic carbocycles. The van der Waals surface area contributed by atoms with Crippen LogP contribution >= 0.6 is 0 Å². The fraction of sp³-hybridized carbons (Fsp3) is 0.267. The van der Waals surface area contributed by atoms with Gasteiger partial charge in [-0.25, -0.2) is 9.97 Å². The van der Waals surface area contributed by atoms with E-state index in [1.807, 2.05) is 38.1 Å². The van der Waals surface area contributed by atoms with Gasteiger partial charge in [0, 0.05) is 24.0 Å². The first-order valence-electron chi connectivity index (χ1n) is 6.58. The number of carbonyl (C=O) groups excluding carboxylic acids is 1. The number of amides is 1. The van der Waals surface area contributed by atoms with E-state index in [0.29, 0.717) is 13.0 Å². The Kier molecular flexibility index (Phi) is 4.65. The molecule has 1 aromatic carbocycles. The first-order chi connectivity index (χ1) is 9.69. The van der Waals surface area contributed by atoms with Crippen LogP contribution in [0.2, 0.25) is 0 Å². The van der Waals surface area contributed by atoms with E-state index in [-0.39, 0.29) is 5.91 Å². The highest BCUT2D eigenvalue weighted by atomic mass is 16.1. The molecule has 0 aliphatic rings. The van der Waals surface area contributed by atoms with Gasteiger partial charge in [-0.05, 0) is 30.7 Å². The fourth-order valence-electron chi connectivity index (χ4n) is 1.75. The summed E-state index contributed by atoms with van der Waals surface area (Å²) in [6.45, 7) is 4.47. The summed E-state index contributed by atoms with van der Waals surface area (Å²) in [5, 5.41) is 6.17. The zero-order valence-corrected chi connectivity index (χ0v) is 11.7. The monoisotopic (exact) mass is 270 g/mol.